The highest BCUT2D eigenvalue weighted by atomic mass is 79.9. The van der Waals surface area contributed by atoms with Crippen LogP contribution < -0.4 is 10.3 Å². The van der Waals surface area contributed by atoms with Gasteiger partial charge in [0, 0.05) is 33.0 Å². The zero-order valence-electron chi connectivity index (χ0n) is 10.9. The highest BCUT2D eigenvalue weighted by Gasteiger charge is 2.19. The molecule has 2 nitrogen and oxygen atoms in total. The smallest absolute Gasteiger partial charge is 0.211 e. The zero-order valence-corrected chi connectivity index (χ0v) is 13.3. The van der Waals surface area contributed by atoms with Gasteiger partial charge >= 0.3 is 0 Å². The van der Waals surface area contributed by atoms with Crippen molar-refractivity contribution in [3.63, 3.8) is 0 Å². The van der Waals surface area contributed by atoms with Gasteiger partial charge in [0.15, 0.2) is 0 Å². The molecular weight excluding hydrogens is 322 g/mol. The van der Waals surface area contributed by atoms with Crippen molar-refractivity contribution >= 4 is 43.0 Å². The van der Waals surface area contributed by atoms with Crippen molar-refractivity contribution in [3.05, 3.63) is 38.3 Å². The summed E-state index contributed by atoms with van der Waals surface area (Å²) in [6, 6.07) is 5.93. The van der Waals surface area contributed by atoms with Gasteiger partial charge in [-0.2, -0.15) is 0 Å². The fourth-order valence-corrected chi connectivity index (χ4v) is 4.00. The number of fused-ring (bicyclic) bond motifs is 1. The van der Waals surface area contributed by atoms with Gasteiger partial charge in [-0.3, -0.25) is 4.79 Å². The summed E-state index contributed by atoms with van der Waals surface area (Å²) in [4.78, 5) is 14.9. The van der Waals surface area contributed by atoms with E-state index in [9.17, 15) is 4.79 Å². The van der Waals surface area contributed by atoms with E-state index in [0.29, 0.717) is 5.92 Å². The van der Waals surface area contributed by atoms with Gasteiger partial charge in [0.25, 0.3) is 0 Å². The quantitative estimate of drug-likeness (QED) is 0.774. The van der Waals surface area contributed by atoms with Crippen molar-refractivity contribution in [2.24, 2.45) is 5.92 Å². The Morgan fingerprint density at radius 1 is 1.42 bits per heavy atom. The van der Waals surface area contributed by atoms with Crippen LogP contribution in [0, 0.1) is 5.92 Å². The minimum Gasteiger partial charge on any atom is -0.367 e. The van der Waals surface area contributed by atoms with E-state index >= 15 is 0 Å². The number of anilines is 1. The first-order valence-electron chi connectivity index (χ1n) is 6.61. The van der Waals surface area contributed by atoms with Crippen LogP contribution >= 0.6 is 27.3 Å². The summed E-state index contributed by atoms with van der Waals surface area (Å²) < 4.78 is 2.02. The Morgan fingerprint density at radius 2 is 2.26 bits per heavy atom. The second-order valence-corrected chi connectivity index (χ2v) is 7.11. The molecule has 1 unspecified atom stereocenters. The largest absolute Gasteiger partial charge is 0.367 e. The van der Waals surface area contributed by atoms with Gasteiger partial charge in [0.2, 0.25) is 5.43 Å². The molecule has 1 fully saturated rings. The van der Waals surface area contributed by atoms with E-state index in [4.69, 9.17) is 0 Å². The average molecular weight is 338 g/mol. The third-order valence-electron chi connectivity index (χ3n) is 3.71. The number of benzene rings is 1. The van der Waals surface area contributed by atoms with Gasteiger partial charge in [-0.05, 0) is 37.0 Å². The molecule has 4 heteroatoms. The SMILES string of the molecule is CC1CCCN(c2csc3ccc(Br)cc3c2=O)C1. The second-order valence-electron chi connectivity index (χ2n) is 5.28. The number of piperidine rings is 1. The third-order valence-corrected chi connectivity index (χ3v) is 5.16. The molecule has 1 aromatic carbocycles. The lowest BCUT2D eigenvalue weighted by molar-refractivity contribution is 0.446. The van der Waals surface area contributed by atoms with Crippen LogP contribution in [-0.2, 0) is 0 Å². The first-order chi connectivity index (χ1) is 9.15. The summed E-state index contributed by atoms with van der Waals surface area (Å²) in [5, 5.41) is 2.85. The highest BCUT2D eigenvalue weighted by molar-refractivity contribution is 9.10. The molecule has 0 radical (unpaired) electrons. The molecule has 0 amide bonds. The lowest BCUT2D eigenvalue weighted by Crippen LogP contribution is -2.36. The van der Waals surface area contributed by atoms with Crippen molar-refractivity contribution < 1.29 is 0 Å². The van der Waals surface area contributed by atoms with Crippen molar-refractivity contribution in [1.82, 2.24) is 0 Å². The lowest BCUT2D eigenvalue weighted by Gasteiger charge is -2.32. The van der Waals surface area contributed by atoms with Gasteiger partial charge in [-0.1, -0.05) is 22.9 Å². The minimum absolute atomic E-state index is 0.171. The maximum Gasteiger partial charge on any atom is 0.211 e. The Labute approximate surface area is 125 Å². The maximum atomic E-state index is 12.6. The molecule has 19 heavy (non-hydrogen) atoms. The predicted molar refractivity (Wildman–Crippen MR) is 86.4 cm³/mol. The van der Waals surface area contributed by atoms with Gasteiger partial charge in [0.1, 0.15) is 0 Å². The molecule has 1 aromatic heterocycles. The molecule has 100 valence electrons. The number of halogens is 1. The Kier molecular flexibility index (Phi) is 3.63. The zero-order chi connectivity index (χ0) is 13.4. The van der Waals surface area contributed by atoms with Crippen LogP contribution in [0.25, 0.3) is 10.1 Å². The van der Waals surface area contributed by atoms with Gasteiger partial charge in [-0.15, -0.1) is 11.3 Å². The molecule has 0 bridgehead atoms. The van der Waals surface area contributed by atoms with Crippen LogP contribution in [0.4, 0.5) is 5.69 Å². The molecule has 1 atom stereocenters. The topological polar surface area (TPSA) is 20.3 Å². The Hall–Kier alpha value is -0.870. The number of nitrogens with zero attached hydrogens (tertiary/aromatic N) is 1. The summed E-state index contributed by atoms with van der Waals surface area (Å²) in [5.41, 5.74) is 1.05. The van der Waals surface area contributed by atoms with E-state index in [1.165, 1.54) is 12.8 Å². The molecule has 1 saturated heterocycles. The minimum atomic E-state index is 0.171. The Bertz CT molecular complexity index is 667. The highest BCUT2D eigenvalue weighted by Crippen LogP contribution is 2.26. The van der Waals surface area contributed by atoms with E-state index in [1.54, 1.807) is 11.3 Å². The fraction of sp³-hybridized carbons (Fsp3) is 0.400. The summed E-state index contributed by atoms with van der Waals surface area (Å²) in [7, 11) is 0. The van der Waals surface area contributed by atoms with Gasteiger partial charge in [0.05, 0.1) is 5.69 Å². The Morgan fingerprint density at radius 3 is 3.05 bits per heavy atom. The normalized spacial score (nSPS) is 19.9. The summed E-state index contributed by atoms with van der Waals surface area (Å²) in [6.07, 6.45) is 2.45. The van der Waals surface area contributed by atoms with Crippen LogP contribution in [0.3, 0.4) is 0 Å². The first kappa shape index (κ1) is 13.1. The monoisotopic (exact) mass is 337 g/mol. The predicted octanol–water partition coefficient (Wildman–Crippen LogP) is 4.26. The number of hydrogen-bond acceptors (Lipinski definition) is 3. The fourth-order valence-electron chi connectivity index (χ4n) is 2.72. The number of rotatable bonds is 1. The van der Waals surface area contributed by atoms with Crippen molar-refractivity contribution in [2.45, 2.75) is 19.8 Å². The van der Waals surface area contributed by atoms with Crippen LogP contribution in [-0.4, -0.2) is 13.1 Å². The Balaban J connectivity index is 2.09. The number of hydrogen-bond donors (Lipinski definition) is 0. The molecular formula is C15H16BrNOS. The molecule has 2 aromatic rings. The summed E-state index contributed by atoms with van der Waals surface area (Å²) in [6.45, 7) is 4.27. The van der Waals surface area contributed by atoms with Gasteiger partial charge in [-0.25, -0.2) is 0 Å². The van der Waals surface area contributed by atoms with E-state index in [0.717, 1.165) is 33.3 Å². The maximum absolute atomic E-state index is 12.6. The van der Waals surface area contributed by atoms with E-state index < -0.39 is 0 Å². The van der Waals surface area contributed by atoms with Crippen molar-refractivity contribution in [1.29, 1.82) is 0 Å². The second kappa shape index (κ2) is 5.25. The first-order valence-corrected chi connectivity index (χ1v) is 8.28. The molecule has 0 spiro atoms. The standard InChI is InChI=1S/C15H16BrNOS/c1-10-3-2-6-17(8-10)13-9-19-14-5-4-11(16)7-12(14)15(13)18/h4-5,7,9-10H,2-3,6,8H2,1H3. The average Bonchev–Trinajstić information content (AvgIpc) is 2.40. The van der Waals surface area contributed by atoms with Crippen LogP contribution in [0.5, 0.6) is 0 Å². The summed E-state index contributed by atoms with van der Waals surface area (Å²) in [5.74, 6) is 0.677. The summed E-state index contributed by atoms with van der Waals surface area (Å²) >= 11 is 5.11. The van der Waals surface area contributed by atoms with E-state index in [2.05, 4.69) is 27.8 Å². The van der Waals surface area contributed by atoms with Crippen LogP contribution in [0.15, 0.2) is 32.8 Å². The molecule has 1 aliphatic heterocycles. The van der Waals surface area contributed by atoms with E-state index in [-0.39, 0.29) is 5.43 Å². The van der Waals surface area contributed by atoms with E-state index in [1.807, 2.05) is 23.6 Å². The molecule has 0 aliphatic carbocycles. The van der Waals surface area contributed by atoms with Crippen LogP contribution in [0.2, 0.25) is 0 Å². The molecule has 2 heterocycles. The van der Waals surface area contributed by atoms with Crippen LogP contribution in [0.1, 0.15) is 19.8 Å². The lowest BCUT2D eigenvalue weighted by atomic mass is 10.00. The van der Waals surface area contributed by atoms with Crippen molar-refractivity contribution in [3.8, 4) is 0 Å². The third kappa shape index (κ3) is 2.56. The van der Waals surface area contributed by atoms with Gasteiger partial charge < -0.3 is 4.90 Å². The van der Waals surface area contributed by atoms with Crippen molar-refractivity contribution in [2.75, 3.05) is 18.0 Å². The molecule has 0 N–H and O–H groups in total. The molecule has 0 saturated carbocycles. The molecule has 1 aliphatic rings. The molecule has 3 rings (SSSR count).